The first-order chi connectivity index (χ1) is 21.0. The van der Waals surface area contributed by atoms with Crippen molar-refractivity contribution >= 4 is 32.7 Å². The maximum atomic E-state index is 12.7. The third kappa shape index (κ3) is 7.61. The number of nitrogens with zero attached hydrogens (tertiary/aromatic N) is 2. The standard InChI is InChI=1S/C31H35N7O5S/c1-31(2,34-20-27(39)21-7-6-8-24(16-21)37-44(42,43)26-9-4-3-5-10-26)12-14-38-13-11-22-15-23(18-32-29(22)38)30(41)33-19-25-17-28(40)36-35-25/h3-11,13,15-18,27,34,37,39H,12,14,19-20H2,1-2H3,(H,33,41)(H2,35,36,40)/t27-/m0/s1. The Morgan fingerprint density at radius 1 is 1.05 bits per heavy atom. The van der Waals surface area contributed by atoms with Gasteiger partial charge in [-0.2, -0.15) is 0 Å². The Kier molecular flexibility index (Phi) is 8.99. The van der Waals surface area contributed by atoms with Gasteiger partial charge in [0.15, 0.2) is 0 Å². The van der Waals surface area contributed by atoms with Crippen LogP contribution in [0.1, 0.15) is 48.0 Å². The van der Waals surface area contributed by atoms with Crippen LogP contribution in [0, 0.1) is 0 Å². The smallest absolute Gasteiger partial charge is 0.264 e. The molecule has 0 saturated carbocycles. The lowest BCUT2D eigenvalue weighted by atomic mass is 9.99. The number of H-pyrrole nitrogens is 2. The summed E-state index contributed by atoms with van der Waals surface area (Å²) in [6.45, 7) is 5.19. The molecular weight excluding hydrogens is 582 g/mol. The fourth-order valence-electron chi connectivity index (χ4n) is 4.73. The minimum Gasteiger partial charge on any atom is -0.387 e. The summed E-state index contributed by atoms with van der Waals surface area (Å²) in [4.78, 5) is 28.5. The highest BCUT2D eigenvalue weighted by Crippen LogP contribution is 2.22. The van der Waals surface area contributed by atoms with Gasteiger partial charge in [0.1, 0.15) is 5.65 Å². The van der Waals surface area contributed by atoms with Gasteiger partial charge in [0.05, 0.1) is 28.8 Å². The molecule has 0 radical (unpaired) electrons. The number of hydrogen-bond donors (Lipinski definition) is 6. The number of carbonyl (C=O) groups excluding carboxylic acids is 1. The van der Waals surface area contributed by atoms with Gasteiger partial charge >= 0.3 is 0 Å². The quantitative estimate of drug-likeness (QED) is 0.118. The largest absolute Gasteiger partial charge is 0.387 e. The molecule has 6 N–H and O–H groups in total. The molecule has 0 spiro atoms. The number of aromatic amines is 2. The highest BCUT2D eigenvalue weighted by Gasteiger charge is 2.21. The van der Waals surface area contributed by atoms with Crippen molar-refractivity contribution < 1.29 is 18.3 Å². The third-order valence-electron chi connectivity index (χ3n) is 7.28. The first-order valence-electron chi connectivity index (χ1n) is 14.1. The number of β-amino-alcohol motifs (C(OH)–C–C–N with tert-alkyl or cyclic N) is 1. The van der Waals surface area contributed by atoms with Gasteiger partial charge in [-0.1, -0.05) is 30.3 Å². The number of aryl methyl sites for hydroxylation is 1. The van der Waals surface area contributed by atoms with Crippen molar-refractivity contribution in [3.05, 3.63) is 112 Å². The van der Waals surface area contributed by atoms with E-state index in [1.165, 1.54) is 24.4 Å². The van der Waals surface area contributed by atoms with Crippen LogP contribution in [0.3, 0.4) is 0 Å². The predicted molar refractivity (Wildman–Crippen MR) is 168 cm³/mol. The second kappa shape index (κ2) is 12.9. The average Bonchev–Trinajstić information content (AvgIpc) is 3.63. The Bertz CT molecular complexity index is 1910. The molecule has 230 valence electrons. The fourth-order valence-corrected chi connectivity index (χ4v) is 5.80. The topological polar surface area (TPSA) is 174 Å². The van der Waals surface area contributed by atoms with Gasteiger partial charge in [-0.3, -0.25) is 19.4 Å². The highest BCUT2D eigenvalue weighted by molar-refractivity contribution is 7.92. The number of carbonyl (C=O) groups is 1. The number of aromatic nitrogens is 4. The molecule has 0 saturated heterocycles. The summed E-state index contributed by atoms with van der Waals surface area (Å²) in [5.74, 6) is -0.294. The molecule has 0 aliphatic rings. The summed E-state index contributed by atoms with van der Waals surface area (Å²) in [6, 6.07) is 19.9. The molecule has 0 aliphatic heterocycles. The van der Waals surface area contributed by atoms with Crippen LogP contribution < -0.4 is 20.9 Å². The van der Waals surface area contributed by atoms with Crippen molar-refractivity contribution in [3.8, 4) is 0 Å². The van der Waals surface area contributed by atoms with Gasteiger partial charge in [0.25, 0.3) is 21.5 Å². The van der Waals surface area contributed by atoms with Crippen LogP contribution in [0.5, 0.6) is 0 Å². The third-order valence-corrected chi connectivity index (χ3v) is 8.68. The second-order valence-corrected chi connectivity index (χ2v) is 12.9. The molecule has 0 aliphatic carbocycles. The number of aliphatic hydroxyl groups excluding tert-OH is 1. The zero-order valence-corrected chi connectivity index (χ0v) is 25.2. The van der Waals surface area contributed by atoms with E-state index in [1.807, 2.05) is 30.7 Å². The molecule has 5 aromatic rings. The zero-order valence-electron chi connectivity index (χ0n) is 24.4. The van der Waals surface area contributed by atoms with Gasteiger partial charge < -0.3 is 25.4 Å². The van der Waals surface area contributed by atoms with Gasteiger partial charge in [-0.25, -0.2) is 13.4 Å². The molecule has 3 aromatic heterocycles. The maximum Gasteiger partial charge on any atom is 0.264 e. The van der Waals surface area contributed by atoms with Gasteiger partial charge in [0, 0.05) is 48.2 Å². The zero-order chi connectivity index (χ0) is 31.3. The van der Waals surface area contributed by atoms with Crippen molar-refractivity contribution in [2.45, 2.75) is 49.9 Å². The molecule has 5 rings (SSSR count). The lowest BCUT2D eigenvalue weighted by molar-refractivity contribution is 0.0950. The molecule has 1 atom stereocenters. The van der Waals surface area contributed by atoms with Crippen LogP contribution in [-0.4, -0.2) is 51.3 Å². The van der Waals surface area contributed by atoms with Crippen molar-refractivity contribution in [1.29, 1.82) is 0 Å². The average molecular weight is 618 g/mol. The predicted octanol–water partition coefficient (Wildman–Crippen LogP) is 3.28. The summed E-state index contributed by atoms with van der Waals surface area (Å²) in [6.07, 6.45) is 3.32. The molecule has 12 nitrogen and oxygen atoms in total. The minimum absolute atomic E-state index is 0.161. The van der Waals surface area contributed by atoms with Gasteiger partial charge in [0.2, 0.25) is 0 Å². The first-order valence-corrected chi connectivity index (χ1v) is 15.6. The number of rotatable bonds is 13. The van der Waals surface area contributed by atoms with Crippen LogP contribution in [-0.2, 0) is 23.1 Å². The number of amides is 1. The molecular formula is C31H35N7O5S. The molecule has 3 heterocycles. The number of sulfonamides is 1. The molecule has 13 heteroatoms. The van der Waals surface area contributed by atoms with E-state index in [0.29, 0.717) is 29.1 Å². The summed E-state index contributed by atoms with van der Waals surface area (Å²) in [5, 5.41) is 23.0. The molecule has 0 bridgehead atoms. The van der Waals surface area contributed by atoms with E-state index in [4.69, 9.17) is 0 Å². The van der Waals surface area contributed by atoms with E-state index in [-0.39, 0.29) is 35.0 Å². The number of nitrogens with one attached hydrogen (secondary N) is 5. The van der Waals surface area contributed by atoms with Gasteiger partial charge in [-0.15, -0.1) is 0 Å². The van der Waals surface area contributed by atoms with Crippen molar-refractivity contribution in [3.63, 3.8) is 0 Å². The number of aliphatic hydroxyl groups is 1. The monoisotopic (exact) mass is 617 g/mol. The number of benzene rings is 2. The Hall–Kier alpha value is -4.72. The Morgan fingerprint density at radius 3 is 2.59 bits per heavy atom. The van der Waals surface area contributed by atoms with E-state index in [2.05, 4.69) is 30.5 Å². The molecule has 0 fully saturated rings. The Morgan fingerprint density at radius 2 is 1.84 bits per heavy atom. The SMILES string of the molecule is CC(C)(CCn1ccc2cc(C(=O)NCc3cc(=O)[nH][nH]3)cnc21)NC[C@H](O)c1cccc(NS(=O)(=O)c2ccccc2)c1. The molecule has 2 aromatic carbocycles. The highest BCUT2D eigenvalue weighted by atomic mass is 32.2. The van der Waals surface area contributed by atoms with E-state index in [0.717, 1.165) is 17.5 Å². The van der Waals surface area contributed by atoms with Crippen molar-refractivity contribution in [2.24, 2.45) is 0 Å². The van der Waals surface area contributed by atoms with Crippen LogP contribution in [0.15, 0.2) is 94.9 Å². The maximum absolute atomic E-state index is 12.7. The van der Waals surface area contributed by atoms with Crippen molar-refractivity contribution in [2.75, 3.05) is 11.3 Å². The van der Waals surface area contributed by atoms with Crippen LogP contribution in [0.4, 0.5) is 5.69 Å². The summed E-state index contributed by atoms with van der Waals surface area (Å²) >= 11 is 0. The van der Waals surface area contributed by atoms with Crippen LogP contribution in [0.2, 0.25) is 0 Å². The number of anilines is 1. The number of pyridine rings is 1. The Labute approximate surface area is 254 Å². The number of fused-ring (bicyclic) bond motifs is 1. The lowest BCUT2D eigenvalue weighted by Gasteiger charge is -2.28. The van der Waals surface area contributed by atoms with Crippen molar-refractivity contribution in [1.82, 2.24) is 30.4 Å². The van der Waals surface area contributed by atoms with E-state index in [1.54, 1.807) is 48.5 Å². The normalized spacial score (nSPS) is 12.7. The Balaban J connectivity index is 1.14. The van der Waals surface area contributed by atoms with Crippen LogP contribution in [0.25, 0.3) is 11.0 Å². The van der Waals surface area contributed by atoms with E-state index >= 15 is 0 Å². The lowest BCUT2D eigenvalue weighted by Crippen LogP contribution is -2.42. The van der Waals surface area contributed by atoms with Gasteiger partial charge in [-0.05, 0) is 62.2 Å². The van der Waals surface area contributed by atoms with Crippen LogP contribution >= 0.6 is 0 Å². The summed E-state index contributed by atoms with van der Waals surface area (Å²) < 4.78 is 30.0. The van der Waals surface area contributed by atoms with E-state index < -0.39 is 16.1 Å². The molecule has 0 unspecified atom stereocenters. The summed E-state index contributed by atoms with van der Waals surface area (Å²) in [7, 11) is -3.74. The summed E-state index contributed by atoms with van der Waals surface area (Å²) in [5.41, 5.74) is 2.10. The second-order valence-electron chi connectivity index (χ2n) is 11.2. The molecule has 44 heavy (non-hydrogen) atoms. The minimum atomic E-state index is -3.74. The molecule has 1 amide bonds. The fraction of sp³-hybridized carbons (Fsp3) is 0.258. The number of hydrogen-bond acceptors (Lipinski definition) is 7. The first kappa shape index (κ1) is 30.7. The van der Waals surface area contributed by atoms with E-state index in [9.17, 15) is 23.1 Å².